The lowest BCUT2D eigenvalue weighted by atomic mass is 10.1. The minimum atomic E-state index is -0.723. The van der Waals surface area contributed by atoms with Gasteiger partial charge >= 0.3 is 0 Å². The zero-order valence-electron chi connectivity index (χ0n) is 19.5. The molecule has 0 bridgehead atoms. The third kappa shape index (κ3) is 5.46. The van der Waals surface area contributed by atoms with E-state index in [1.54, 1.807) is 6.07 Å². The normalized spacial score (nSPS) is 11.9. The summed E-state index contributed by atoms with van der Waals surface area (Å²) in [7, 11) is 0. The molecule has 6 nitrogen and oxygen atoms in total. The fourth-order valence-corrected chi connectivity index (χ4v) is 5.31. The molecule has 1 atom stereocenters. The molecule has 0 aliphatic heterocycles. The molecule has 0 radical (unpaired) electrons. The molecule has 0 aliphatic carbocycles. The quantitative estimate of drug-likeness (QED) is 0.316. The average Bonchev–Trinajstić information content (AvgIpc) is 3.58. The lowest BCUT2D eigenvalue weighted by Crippen LogP contribution is -2.45. The lowest BCUT2D eigenvalue weighted by Gasteiger charge is -2.17. The maximum absolute atomic E-state index is 13.2. The van der Waals surface area contributed by atoms with E-state index in [0.29, 0.717) is 16.4 Å². The maximum Gasteiger partial charge on any atom is 0.262 e. The van der Waals surface area contributed by atoms with Crippen LogP contribution in [0.5, 0.6) is 0 Å². The fraction of sp³-hybridized carbons (Fsp3) is 0.269. The van der Waals surface area contributed by atoms with Gasteiger partial charge in [-0.2, -0.15) is 0 Å². The van der Waals surface area contributed by atoms with Crippen LogP contribution >= 0.6 is 22.7 Å². The summed E-state index contributed by atoms with van der Waals surface area (Å²) >= 11 is 2.74. The van der Waals surface area contributed by atoms with Crippen LogP contribution in [-0.4, -0.2) is 27.4 Å². The number of aryl methyl sites for hydroxylation is 1. The molecule has 0 saturated carbocycles. The van der Waals surface area contributed by atoms with Gasteiger partial charge in [0.15, 0.2) is 5.13 Å². The highest BCUT2D eigenvalue weighted by atomic mass is 32.1. The van der Waals surface area contributed by atoms with E-state index < -0.39 is 6.04 Å². The number of amides is 2. The van der Waals surface area contributed by atoms with Crippen LogP contribution in [0.2, 0.25) is 0 Å². The molecule has 4 aromatic rings. The second-order valence-corrected chi connectivity index (χ2v) is 9.96. The van der Waals surface area contributed by atoms with E-state index in [2.05, 4.69) is 47.0 Å². The van der Waals surface area contributed by atoms with Gasteiger partial charge < -0.3 is 15.2 Å². The number of thiazole rings is 1. The van der Waals surface area contributed by atoms with Crippen LogP contribution in [-0.2, 0) is 17.8 Å². The molecule has 0 spiro atoms. The fourth-order valence-electron chi connectivity index (χ4n) is 3.97. The number of rotatable bonds is 9. The Kier molecular flexibility index (Phi) is 7.59. The van der Waals surface area contributed by atoms with E-state index in [4.69, 9.17) is 0 Å². The lowest BCUT2D eigenvalue weighted by molar-refractivity contribution is -0.118. The third-order valence-electron chi connectivity index (χ3n) is 5.68. The van der Waals surface area contributed by atoms with Crippen molar-refractivity contribution in [3.05, 3.63) is 81.1 Å². The Bertz CT molecular complexity index is 1260. The molecular formula is C26H28N4O2S2. The van der Waals surface area contributed by atoms with Crippen LogP contribution in [0.25, 0.3) is 11.3 Å². The molecule has 176 valence electrons. The Morgan fingerprint density at radius 1 is 1.09 bits per heavy atom. The number of nitrogens with one attached hydrogen (secondary N) is 2. The highest BCUT2D eigenvalue weighted by Crippen LogP contribution is 2.30. The zero-order chi connectivity index (χ0) is 24.1. The Labute approximate surface area is 207 Å². The van der Waals surface area contributed by atoms with Crippen LogP contribution in [0.15, 0.2) is 59.3 Å². The van der Waals surface area contributed by atoms with Crippen LogP contribution < -0.4 is 10.6 Å². The van der Waals surface area contributed by atoms with E-state index in [1.165, 1.54) is 34.1 Å². The first-order chi connectivity index (χ1) is 16.5. The van der Waals surface area contributed by atoms with Gasteiger partial charge in [-0.1, -0.05) is 43.3 Å². The molecule has 1 aromatic carbocycles. The number of benzene rings is 1. The minimum absolute atomic E-state index is 0.255. The Morgan fingerprint density at radius 2 is 1.88 bits per heavy atom. The van der Waals surface area contributed by atoms with Gasteiger partial charge in [-0.25, -0.2) is 4.98 Å². The molecule has 0 fully saturated rings. The molecule has 3 heterocycles. The topological polar surface area (TPSA) is 76.0 Å². The van der Waals surface area contributed by atoms with Crippen molar-refractivity contribution < 1.29 is 9.59 Å². The summed E-state index contributed by atoms with van der Waals surface area (Å²) in [5.74, 6) is -0.541. The van der Waals surface area contributed by atoms with Gasteiger partial charge in [0.2, 0.25) is 5.91 Å². The zero-order valence-corrected chi connectivity index (χ0v) is 21.1. The van der Waals surface area contributed by atoms with E-state index in [-0.39, 0.29) is 11.8 Å². The van der Waals surface area contributed by atoms with Gasteiger partial charge in [0.1, 0.15) is 6.04 Å². The molecule has 34 heavy (non-hydrogen) atoms. The molecule has 0 aliphatic rings. The van der Waals surface area contributed by atoms with Gasteiger partial charge in [0, 0.05) is 35.3 Å². The molecule has 2 amide bonds. The maximum atomic E-state index is 13.2. The predicted molar refractivity (Wildman–Crippen MR) is 140 cm³/mol. The van der Waals surface area contributed by atoms with Crippen LogP contribution in [0.3, 0.4) is 0 Å². The van der Waals surface area contributed by atoms with Crippen molar-refractivity contribution >= 4 is 39.6 Å². The van der Waals surface area contributed by atoms with Crippen molar-refractivity contribution in [1.82, 2.24) is 14.9 Å². The number of nitrogens with zero attached hydrogens (tertiary/aromatic N) is 2. The molecule has 3 aromatic heterocycles. The Balaban J connectivity index is 1.52. The molecule has 2 N–H and O–H groups in total. The van der Waals surface area contributed by atoms with E-state index in [1.807, 2.05) is 47.2 Å². The highest BCUT2D eigenvalue weighted by Gasteiger charge is 2.24. The average molecular weight is 493 g/mol. The van der Waals surface area contributed by atoms with Gasteiger partial charge in [0.25, 0.3) is 5.91 Å². The van der Waals surface area contributed by atoms with Crippen molar-refractivity contribution in [2.24, 2.45) is 0 Å². The number of hydrogen-bond acceptors (Lipinski definition) is 5. The summed E-state index contributed by atoms with van der Waals surface area (Å²) in [4.78, 5) is 31.2. The summed E-state index contributed by atoms with van der Waals surface area (Å²) in [6.07, 6.45) is 1.45. The highest BCUT2D eigenvalue weighted by molar-refractivity contribution is 7.14. The number of carbonyl (C=O) groups excluding carboxylic acids is 2. The molecule has 4 rings (SSSR count). The molecule has 8 heteroatoms. The van der Waals surface area contributed by atoms with Gasteiger partial charge in [0.05, 0.1) is 10.6 Å². The molecule has 0 saturated heterocycles. The van der Waals surface area contributed by atoms with Gasteiger partial charge in [-0.05, 0) is 43.3 Å². The van der Waals surface area contributed by atoms with E-state index in [0.717, 1.165) is 29.8 Å². The van der Waals surface area contributed by atoms with Crippen LogP contribution in [0.4, 0.5) is 5.13 Å². The molecular weight excluding hydrogens is 464 g/mol. The first kappa shape index (κ1) is 23.9. The smallest absolute Gasteiger partial charge is 0.262 e. The third-order valence-corrected chi connectivity index (χ3v) is 7.31. The number of carbonyl (C=O) groups is 2. The minimum Gasteiger partial charge on any atom is -0.348 e. The molecule has 0 unspecified atom stereocenters. The van der Waals surface area contributed by atoms with Crippen molar-refractivity contribution in [3.63, 3.8) is 0 Å². The summed E-state index contributed by atoms with van der Waals surface area (Å²) < 4.78 is 2.29. The van der Waals surface area contributed by atoms with E-state index >= 15 is 0 Å². The second-order valence-electron chi connectivity index (χ2n) is 8.16. The van der Waals surface area contributed by atoms with Gasteiger partial charge in [-0.3, -0.25) is 9.59 Å². The van der Waals surface area contributed by atoms with Crippen LogP contribution in [0, 0.1) is 13.8 Å². The Morgan fingerprint density at radius 3 is 2.59 bits per heavy atom. The summed E-state index contributed by atoms with van der Waals surface area (Å²) in [6.45, 7) is 7.34. The van der Waals surface area contributed by atoms with Gasteiger partial charge in [-0.15, -0.1) is 22.7 Å². The van der Waals surface area contributed by atoms with E-state index in [9.17, 15) is 9.59 Å². The number of thiophene rings is 1. The van der Waals surface area contributed by atoms with Crippen molar-refractivity contribution in [2.75, 3.05) is 5.32 Å². The SMILES string of the molecule is CCCn1c(C)cc(-c2csc(NC(=O)[C@H](Cc3ccccc3)NC(=O)c3cccs3)n2)c1C. The summed E-state index contributed by atoms with van der Waals surface area (Å²) in [5.41, 5.74) is 5.27. The van der Waals surface area contributed by atoms with Crippen molar-refractivity contribution in [2.45, 2.75) is 46.2 Å². The number of aromatic nitrogens is 2. The van der Waals surface area contributed by atoms with Crippen molar-refractivity contribution in [1.29, 1.82) is 0 Å². The monoisotopic (exact) mass is 492 g/mol. The van der Waals surface area contributed by atoms with Crippen LogP contribution in [0.1, 0.15) is 40.0 Å². The van der Waals surface area contributed by atoms with Crippen molar-refractivity contribution in [3.8, 4) is 11.3 Å². The first-order valence-electron chi connectivity index (χ1n) is 11.3. The first-order valence-corrected chi connectivity index (χ1v) is 13.0. The second kappa shape index (κ2) is 10.8. The number of hydrogen-bond donors (Lipinski definition) is 2. The standard InChI is InChI=1S/C26H28N4O2S2/c1-4-12-30-17(2)14-20(18(30)3)22-16-34-26(28-22)29-24(31)21(15-19-9-6-5-7-10-19)27-25(32)23-11-8-13-33-23/h5-11,13-14,16,21H,4,12,15H2,1-3H3,(H,27,32)(H,28,29,31)/t21-/m0/s1. The largest absolute Gasteiger partial charge is 0.348 e. The summed E-state index contributed by atoms with van der Waals surface area (Å²) in [6, 6.07) is 14.7. The predicted octanol–water partition coefficient (Wildman–Crippen LogP) is 5.68. The number of anilines is 1. The summed E-state index contributed by atoms with van der Waals surface area (Å²) in [5, 5.41) is 10.1. The Hall–Kier alpha value is -3.23.